The summed E-state index contributed by atoms with van der Waals surface area (Å²) in [4.78, 5) is 2.57. The molecule has 0 atom stereocenters. The maximum absolute atomic E-state index is 5.84. The highest BCUT2D eigenvalue weighted by Gasteiger charge is 2.10. The number of benzene rings is 2. The van der Waals surface area contributed by atoms with Crippen LogP contribution in [0, 0.1) is 6.92 Å². The molecule has 0 radical (unpaired) electrons. The van der Waals surface area contributed by atoms with Gasteiger partial charge in [-0.25, -0.2) is 0 Å². The molecule has 0 amide bonds. The summed E-state index contributed by atoms with van der Waals surface area (Å²) in [5.74, 6) is 0.862. The molecule has 2 N–H and O–H groups in total. The Bertz CT molecular complexity index is 638. The molecule has 0 heterocycles. The topological polar surface area (TPSA) is 38.5 Å². The van der Waals surface area contributed by atoms with E-state index < -0.39 is 0 Å². The van der Waals surface area contributed by atoms with Gasteiger partial charge in [0.2, 0.25) is 0 Å². The summed E-state index contributed by atoms with van der Waals surface area (Å²) >= 11 is 5.16. The van der Waals surface area contributed by atoms with Gasteiger partial charge in [-0.05, 0) is 36.8 Å². The molecule has 2 rings (SSSR count). The second kappa shape index (κ2) is 6.59. The van der Waals surface area contributed by atoms with Crippen molar-refractivity contribution in [3.63, 3.8) is 0 Å². The van der Waals surface area contributed by atoms with E-state index in [4.69, 9.17) is 22.7 Å². The molecule has 0 fully saturated rings. The van der Waals surface area contributed by atoms with E-state index in [2.05, 4.69) is 29.2 Å². The zero-order chi connectivity index (χ0) is 15.4. The van der Waals surface area contributed by atoms with Crippen molar-refractivity contribution in [2.45, 2.75) is 13.5 Å². The minimum absolute atomic E-state index is 0.426. The second-order valence-corrected chi connectivity index (χ2v) is 5.53. The third-order valence-corrected chi connectivity index (χ3v) is 3.63. The quantitative estimate of drug-likeness (QED) is 0.860. The monoisotopic (exact) mass is 300 g/mol. The first-order chi connectivity index (χ1) is 10.0. The van der Waals surface area contributed by atoms with Crippen molar-refractivity contribution in [2.75, 3.05) is 19.1 Å². The number of anilines is 1. The van der Waals surface area contributed by atoms with Crippen LogP contribution in [0.3, 0.4) is 0 Å². The molecule has 2 aromatic carbocycles. The first-order valence-electron chi connectivity index (χ1n) is 6.76. The molecule has 0 spiro atoms. The number of hydrogen-bond acceptors (Lipinski definition) is 3. The van der Waals surface area contributed by atoms with Crippen molar-refractivity contribution in [2.24, 2.45) is 5.73 Å². The van der Waals surface area contributed by atoms with Gasteiger partial charge in [-0.3, -0.25) is 0 Å². The van der Waals surface area contributed by atoms with Crippen LogP contribution in [0.25, 0.3) is 0 Å². The van der Waals surface area contributed by atoms with Crippen LogP contribution in [-0.4, -0.2) is 19.1 Å². The molecule has 0 saturated carbocycles. The largest absolute Gasteiger partial charge is 0.497 e. The van der Waals surface area contributed by atoms with Crippen LogP contribution in [0.1, 0.15) is 16.7 Å². The number of rotatable bonds is 5. The lowest BCUT2D eigenvalue weighted by Gasteiger charge is -2.23. The van der Waals surface area contributed by atoms with Crippen LogP contribution >= 0.6 is 12.2 Å². The molecular formula is C17H20N2OS. The number of methoxy groups -OCH3 is 1. The van der Waals surface area contributed by atoms with E-state index in [1.54, 1.807) is 7.11 Å². The zero-order valence-electron chi connectivity index (χ0n) is 12.6. The molecule has 0 bridgehead atoms. The van der Waals surface area contributed by atoms with Gasteiger partial charge >= 0.3 is 0 Å². The Labute approximate surface area is 131 Å². The Morgan fingerprint density at radius 3 is 2.43 bits per heavy atom. The van der Waals surface area contributed by atoms with Gasteiger partial charge < -0.3 is 15.4 Å². The van der Waals surface area contributed by atoms with E-state index in [1.165, 1.54) is 5.56 Å². The number of thiocarbonyl (C=S) groups is 1. The smallest absolute Gasteiger partial charge is 0.118 e. The summed E-state index contributed by atoms with van der Waals surface area (Å²) < 4.78 is 5.18. The minimum atomic E-state index is 0.426. The van der Waals surface area contributed by atoms with Crippen molar-refractivity contribution in [1.29, 1.82) is 0 Å². The van der Waals surface area contributed by atoms with Gasteiger partial charge in [0.05, 0.1) is 7.11 Å². The summed E-state index contributed by atoms with van der Waals surface area (Å²) in [7, 11) is 3.71. The number of aryl methyl sites for hydroxylation is 1. The summed E-state index contributed by atoms with van der Waals surface area (Å²) in [6, 6.07) is 14.2. The third-order valence-electron chi connectivity index (χ3n) is 3.41. The van der Waals surface area contributed by atoms with E-state index in [0.29, 0.717) is 4.99 Å². The molecule has 4 heteroatoms. The average Bonchev–Trinajstić information content (AvgIpc) is 2.47. The van der Waals surface area contributed by atoms with E-state index >= 15 is 0 Å². The fourth-order valence-corrected chi connectivity index (χ4v) is 2.43. The lowest BCUT2D eigenvalue weighted by atomic mass is 10.1. The highest BCUT2D eigenvalue weighted by atomic mass is 32.1. The van der Waals surface area contributed by atoms with E-state index in [1.807, 2.05) is 32.2 Å². The van der Waals surface area contributed by atoms with Gasteiger partial charge in [-0.1, -0.05) is 36.0 Å². The Balaban J connectivity index is 2.23. The van der Waals surface area contributed by atoms with Crippen LogP contribution in [0.2, 0.25) is 0 Å². The highest BCUT2D eigenvalue weighted by Crippen LogP contribution is 2.23. The predicted octanol–water partition coefficient (Wildman–Crippen LogP) is 3.27. The lowest BCUT2D eigenvalue weighted by Crippen LogP contribution is -2.21. The van der Waals surface area contributed by atoms with Gasteiger partial charge in [0.25, 0.3) is 0 Å². The number of nitrogens with zero attached hydrogens (tertiary/aromatic N) is 1. The van der Waals surface area contributed by atoms with Gasteiger partial charge in [0.15, 0.2) is 0 Å². The van der Waals surface area contributed by atoms with Gasteiger partial charge in [0, 0.05) is 24.8 Å². The van der Waals surface area contributed by atoms with E-state index in [-0.39, 0.29) is 0 Å². The van der Waals surface area contributed by atoms with Crippen LogP contribution in [0.5, 0.6) is 5.75 Å². The van der Waals surface area contributed by atoms with Crippen molar-refractivity contribution in [3.05, 3.63) is 59.2 Å². The maximum atomic E-state index is 5.84. The molecule has 0 aliphatic rings. The Morgan fingerprint density at radius 1 is 1.19 bits per heavy atom. The van der Waals surface area contributed by atoms with Gasteiger partial charge in [-0.15, -0.1) is 0 Å². The lowest BCUT2D eigenvalue weighted by molar-refractivity contribution is 0.414. The molecule has 0 aliphatic heterocycles. The van der Waals surface area contributed by atoms with Gasteiger partial charge in [-0.2, -0.15) is 0 Å². The standard InChI is InChI=1S/C17H20N2OS/c1-12-4-9-16(15(10-12)17(18)21)19(2)11-13-5-7-14(20-3)8-6-13/h4-10H,11H2,1-3H3,(H2,18,21). The van der Waals surface area contributed by atoms with Crippen molar-refractivity contribution < 1.29 is 4.74 Å². The number of nitrogens with two attached hydrogens (primary N) is 1. The average molecular weight is 300 g/mol. The first kappa shape index (κ1) is 15.3. The molecule has 0 unspecified atom stereocenters. The maximum Gasteiger partial charge on any atom is 0.118 e. The normalized spacial score (nSPS) is 10.2. The molecule has 3 nitrogen and oxygen atoms in total. The molecule has 21 heavy (non-hydrogen) atoms. The second-order valence-electron chi connectivity index (χ2n) is 5.09. The van der Waals surface area contributed by atoms with Crippen LogP contribution in [-0.2, 0) is 6.54 Å². The Hall–Kier alpha value is -2.07. The van der Waals surface area contributed by atoms with Crippen molar-refractivity contribution in [1.82, 2.24) is 0 Å². The molecule has 0 aliphatic carbocycles. The Morgan fingerprint density at radius 2 is 1.86 bits per heavy atom. The molecule has 0 aromatic heterocycles. The van der Waals surface area contributed by atoms with E-state index in [0.717, 1.165) is 29.1 Å². The Kier molecular flexibility index (Phi) is 4.81. The predicted molar refractivity (Wildman–Crippen MR) is 92.2 cm³/mol. The summed E-state index contributed by atoms with van der Waals surface area (Å²) in [6.07, 6.45) is 0. The van der Waals surface area contributed by atoms with Crippen molar-refractivity contribution >= 4 is 22.9 Å². The van der Waals surface area contributed by atoms with Crippen LogP contribution < -0.4 is 15.4 Å². The molecule has 0 saturated heterocycles. The SMILES string of the molecule is COc1ccc(CN(C)c2ccc(C)cc2C(N)=S)cc1. The summed E-state index contributed by atoms with van der Waals surface area (Å²) in [5, 5.41) is 0. The third kappa shape index (κ3) is 3.73. The number of hydrogen-bond donors (Lipinski definition) is 1. The fourth-order valence-electron chi connectivity index (χ4n) is 2.27. The first-order valence-corrected chi connectivity index (χ1v) is 7.16. The minimum Gasteiger partial charge on any atom is -0.497 e. The molecular weight excluding hydrogens is 280 g/mol. The summed E-state index contributed by atoms with van der Waals surface area (Å²) in [6.45, 7) is 2.82. The highest BCUT2D eigenvalue weighted by molar-refractivity contribution is 7.80. The van der Waals surface area contributed by atoms with Crippen LogP contribution in [0.15, 0.2) is 42.5 Å². The van der Waals surface area contributed by atoms with Gasteiger partial charge in [0.1, 0.15) is 10.7 Å². The number of ether oxygens (including phenoxy) is 1. The summed E-state index contributed by atoms with van der Waals surface area (Å²) in [5.41, 5.74) is 10.2. The fraction of sp³-hybridized carbons (Fsp3) is 0.235. The zero-order valence-corrected chi connectivity index (χ0v) is 13.4. The van der Waals surface area contributed by atoms with E-state index in [9.17, 15) is 0 Å². The molecule has 110 valence electrons. The van der Waals surface area contributed by atoms with Crippen molar-refractivity contribution in [3.8, 4) is 5.75 Å². The van der Waals surface area contributed by atoms with Crippen LogP contribution in [0.4, 0.5) is 5.69 Å². The molecule has 2 aromatic rings.